The predicted octanol–water partition coefficient (Wildman–Crippen LogP) is 5.41. The number of aliphatic imine (C=N–C) groups is 1. The van der Waals surface area contributed by atoms with Gasteiger partial charge in [-0.2, -0.15) is 10.1 Å². The molecule has 0 bridgehead atoms. The first kappa shape index (κ1) is 24.3. The second-order valence-electron chi connectivity index (χ2n) is 9.38. The molecule has 5 rings (SSSR count). The quantitative estimate of drug-likeness (QED) is 0.435. The van der Waals surface area contributed by atoms with Gasteiger partial charge in [0.25, 0.3) is 5.91 Å². The van der Waals surface area contributed by atoms with Crippen molar-refractivity contribution in [2.75, 3.05) is 13.1 Å². The molecule has 3 heterocycles. The fourth-order valence-electron chi connectivity index (χ4n) is 4.40. The maximum atomic E-state index is 12.9. The van der Waals surface area contributed by atoms with E-state index in [1.54, 1.807) is 0 Å². The average Bonchev–Trinajstić information content (AvgIpc) is 3.43. The molecule has 36 heavy (non-hydrogen) atoms. The molecule has 1 amide bonds. The first-order valence-corrected chi connectivity index (χ1v) is 13.0. The largest absolute Gasteiger partial charge is 0.491 e. The number of amidine groups is 1. The Morgan fingerprint density at radius 1 is 1.06 bits per heavy atom. The van der Waals surface area contributed by atoms with Crippen LogP contribution >= 0.6 is 11.8 Å². The van der Waals surface area contributed by atoms with E-state index in [-0.39, 0.29) is 24.2 Å². The fraction of sp³-hybridized carbons (Fsp3) is 0.321. The molecule has 0 N–H and O–H groups in total. The van der Waals surface area contributed by atoms with E-state index in [1.165, 1.54) is 11.8 Å². The van der Waals surface area contributed by atoms with Crippen LogP contribution in [-0.2, 0) is 9.53 Å². The summed E-state index contributed by atoms with van der Waals surface area (Å²) in [6, 6.07) is 17.8. The van der Waals surface area contributed by atoms with Crippen LogP contribution in [0.4, 0.5) is 0 Å². The molecule has 7 nitrogen and oxygen atoms in total. The Balaban J connectivity index is 1.47. The third-order valence-corrected chi connectivity index (χ3v) is 6.89. The number of carbonyl (C=O) groups is 1. The van der Waals surface area contributed by atoms with E-state index in [9.17, 15) is 4.79 Å². The van der Waals surface area contributed by atoms with Crippen molar-refractivity contribution in [2.45, 2.75) is 46.0 Å². The number of hydrogen-bond donors (Lipinski definition) is 0. The minimum absolute atomic E-state index is 0.0959. The zero-order valence-corrected chi connectivity index (χ0v) is 21.7. The molecule has 0 saturated carbocycles. The summed E-state index contributed by atoms with van der Waals surface area (Å²) in [4.78, 5) is 20.0. The average molecular weight is 503 g/mol. The molecule has 0 spiro atoms. The highest BCUT2D eigenvalue weighted by Gasteiger charge is 2.31. The van der Waals surface area contributed by atoms with Crippen LogP contribution in [0.15, 0.2) is 70.7 Å². The van der Waals surface area contributed by atoms with Crippen molar-refractivity contribution in [3.05, 3.63) is 71.3 Å². The number of ether oxygens (including phenoxy) is 2. The van der Waals surface area contributed by atoms with Crippen molar-refractivity contribution in [3.63, 3.8) is 0 Å². The van der Waals surface area contributed by atoms with Gasteiger partial charge in [0.1, 0.15) is 5.75 Å². The van der Waals surface area contributed by atoms with E-state index < -0.39 is 0 Å². The van der Waals surface area contributed by atoms with Crippen molar-refractivity contribution >= 4 is 28.9 Å². The van der Waals surface area contributed by atoms with Crippen molar-refractivity contribution in [2.24, 2.45) is 4.99 Å². The van der Waals surface area contributed by atoms with Gasteiger partial charge in [0, 0.05) is 30.4 Å². The summed E-state index contributed by atoms with van der Waals surface area (Å²) in [6.45, 7) is 9.54. The number of thioether (sulfide) groups is 1. The molecule has 3 aromatic rings. The zero-order chi connectivity index (χ0) is 25.2. The van der Waals surface area contributed by atoms with Crippen LogP contribution in [0, 0.1) is 0 Å². The molecular weight excluding hydrogens is 472 g/mol. The highest BCUT2D eigenvalue weighted by molar-refractivity contribution is 8.18. The SMILES string of the molecule is CC(C)Oc1ccc(-c2nn(-c3ccccc3)cc2/C=C2\SC(N3C[C@H](C)O[C@@H](C)C3)=NC2=O)cc1. The number of morpholine rings is 1. The van der Waals surface area contributed by atoms with Crippen molar-refractivity contribution in [3.8, 4) is 22.7 Å². The number of hydrogen-bond acceptors (Lipinski definition) is 6. The molecule has 1 fully saturated rings. The van der Waals surface area contributed by atoms with Gasteiger partial charge in [-0.15, -0.1) is 0 Å². The summed E-state index contributed by atoms with van der Waals surface area (Å²) in [5.74, 6) is 0.588. The molecule has 8 heteroatoms. The molecule has 2 atom stereocenters. The lowest BCUT2D eigenvalue weighted by Crippen LogP contribution is -2.47. The van der Waals surface area contributed by atoms with Crippen LogP contribution in [-0.4, -0.2) is 57.2 Å². The van der Waals surface area contributed by atoms with Gasteiger partial charge in [-0.25, -0.2) is 4.68 Å². The molecule has 2 aliphatic heterocycles. The predicted molar refractivity (Wildman–Crippen MR) is 144 cm³/mol. The Bertz CT molecular complexity index is 1290. The molecule has 0 aliphatic carbocycles. The van der Waals surface area contributed by atoms with Crippen LogP contribution in [0.1, 0.15) is 33.3 Å². The maximum Gasteiger partial charge on any atom is 0.286 e. The molecule has 186 valence electrons. The summed E-state index contributed by atoms with van der Waals surface area (Å²) in [5, 5.41) is 5.62. The zero-order valence-electron chi connectivity index (χ0n) is 20.9. The van der Waals surface area contributed by atoms with Crippen LogP contribution < -0.4 is 4.74 Å². The summed E-state index contributed by atoms with van der Waals surface area (Å²) in [6.07, 6.45) is 4.15. The lowest BCUT2D eigenvalue weighted by Gasteiger charge is -2.35. The maximum absolute atomic E-state index is 12.9. The monoisotopic (exact) mass is 502 g/mol. The second-order valence-corrected chi connectivity index (χ2v) is 10.4. The van der Waals surface area contributed by atoms with Gasteiger partial charge in [0.05, 0.1) is 34.6 Å². The summed E-state index contributed by atoms with van der Waals surface area (Å²) >= 11 is 1.42. The van der Waals surface area contributed by atoms with Gasteiger partial charge in [0.2, 0.25) is 0 Å². The first-order chi connectivity index (χ1) is 17.4. The highest BCUT2D eigenvalue weighted by atomic mass is 32.2. The summed E-state index contributed by atoms with van der Waals surface area (Å²) in [7, 11) is 0. The Hall–Kier alpha value is -3.36. The summed E-state index contributed by atoms with van der Waals surface area (Å²) < 4.78 is 13.5. The Kier molecular flexibility index (Phi) is 6.98. The van der Waals surface area contributed by atoms with Crippen LogP contribution in [0.3, 0.4) is 0 Å². The minimum Gasteiger partial charge on any atom is -0.491 e. The molecule has 2 aromatic carbocycles. The molecule has 2 aliphatic rings. The van der Waals surface area contributed by atoms with Gasteiger partial charge in [-0.1, -0.05) is 18.2 Å². The Morgan fingerprint density at radius 2 is 1.75 bits per heavy atom. The normalized spacial score (nSPS) is 21.4. The van der Waals surface area contributed by atoms with E-state index in [0.29, 0.717) is 4.91 Å². The summed E-state index contributed by atoms with van der Waals surface area (Å²) in [5.41, 5.74) is 3.53. The lowest BCUT2D eigenvalue weighted by atomic mass is 10.1. The van der Waals surface area contributed by atoms with E-state index in [1.807, 2.05) is 99.2 Å². The second kappa shape index (κ2) is 10.3. The van der Waals surface area contributed by atoms with Gasteiger partial charge in [-0.05, 0) is 81.9 Å². The molecule has 1 saturated heterocycles. The molecular formula is C28H30N4O3S. The third kappa shape index (κ3) is 5.39. The molecule has 0 unspecified atom stereocenters. The van der Waals surface area contributed by atoms with E-state index in [2.05, 4.69) is 9.89 Å². The number of rotatable bonds is 5. The fourth-order valence-corrected chi connectivity index (χ4v) is 5.32. The Morgan fingerprint density at radius 3 is 2.42 bits per heavy atom. The highest BCUT2D eigenvalue weighted by Crippen LogP contribution is 2.34. The number of para-hydroxylation sites is 1. The van der Waals surface area contributed by atoms with Crippen LogP contribution in [0.2, 0.25) is 0 Å². The standard InChI is InChI=1S/C28H30N4O3S/c1-18(2)34-24-12-10-21(11-13-24)26-22(17-32(30-26)23-8-6-5-7-9-23)14-25-27(33)29-28(36-25)31-15-19(3)35-20(4)16-31/h5-14,17-20H,15-16H2,1-4H3/b25-14-/t19-,20-/m0/s1. The van der Waals surface area contributed by atoms with Crippen molar-refractivity contribution in [1.82, 2.24) is 14.7 Å². The van der Waals surface area contributed by atoms with Gasteiger partial charge in [-0.3, -0.25) is 4.79 Å². The Labute approximate surface area is 215 Å². The van der Waals surface area contributed by atoms with Crippen molar-refractivity contribution in [1.29, 1.82) is 0 Å². The van der Waals surface area contributed by atoms with E-state index in [0.717, 1.165) is 46.5 Å². The van der Waals surface area contributed by atoms with E-state index >= 15 is 0 Å². The molecule has 1 aromatic heterocycles. The number of benzene rings is 2. The topological polar surface area (TPSA) is 68.9 Å². The van der Waals surface area contributed by atoms with Gasteiger partial charge in [0.15, 0.2) is 5.17 Å². The van der Waals surface area contributed by atoms with Gasteiger partial charge >= 0.3 is 0 Å². The minimum atomic E-state index is -0.221. The lowest BCUT2D eigenvalue weighted by molar-refractivity contribution is -0.113. The number of nitrogens with zero attached hydrogens (tertiary/aromatic N) is 4. The van der Waals surface area contributed by atoms with Crippen molar-refractivity contribution < 1.29 is 14.3 Å². The van der Waals surface area contributed by atoms with Crippen LogP contribution in [0.5, 0.6) is 5.75 Å². The molecule has 0 radical (unpaired) electrons. The van der Waals surface area contributed by atoms with E-state index in [4.69, 9.17) is 14.6 Å². The third-order valence-electron chi connectivity index (χ3n) is 5.85. The van der Waals surface area contributed by atoms with Crippen LogP contribution in [0.25, 0.3) is 23.0 Å². The number of carbonyl (C=O) groups excluding carboxylic acids is 1. The first-order valence-electron chi connectivity index (χ1n) is 12.2. The van der Waals surface area contributed by atoms with Gasteiger partial charge < -0.3 is 14.4 Å². The number of amides is 1. The smallest absolute Gasteiger partial charge is 0.286 e. The number of aromatic nitrogens is 2.